The normalized spacial score (nSPS) is 13.5. The van der Waals surface area contributed by atoms with Crippen LogP contribution in [0.25, 0.3) is 0 Å². The molecule has 0 radical (unpaired) electrons. The molecule has 0 aromatic heterocycles. The summed E-state index contributed by atoms with van der Waals surface area (Å²) >= 11 is 0. The molecule has 136 valence electrons. The fourth-order valence-corrected chi connectivity index (χ4v) is 3.25. The van der Waals surface area contributed by atoms with Crippen LogP contribution in [0, 0.1) is 5.82 Å². The number of carboxylic acid groups (broad SMARTS) is 1. The smallest absolute Gasteiger partial charge is 0.480 e. The highest BCUT2D eigenvalue weighted by Gasteiger charge is 2.36. The van der Waals surface area contributed by atoms with Crippen molar-refractivity contribution < 1.29 is 40.6 Å². The van der Waals surface area contributed by atoms with E-state index in [1.54, 1.807) is 11.6 Å². The van der Waals surface area contributed by atoms with Gasteiger partial charge in [-0.1, -0.05) is 25.8 Å². The second-order valence-corrected chi connectivity index (χ2v) is 6.42. The standard InChI is InChI=1S/C13H15F4NO5S/c1-2-3-6-9(12(19)20)18-24(21,22)11-8(14)5-4-7-10(11)23-13(15,16)17/h4-5,7,9,18H,2-3,6H2,1H3,(H,19,20). The number of sulfonamides is 1. The van der Waals surface area contributed by atoms with Gasteiger partial charge in [0, 0.05) is 0 Å². The number of aliphatic carboxylic acids is 1. The average Bonchev–Trinajstić information content (AvgIpc) is 2.41. The first-order chi connectivity index (χ1) is 11.0. The molecule has 0 fully saturated rings. The second-order valence-electron chi connectivity index (χ2n) is 4.77. The molecular weight excluding hydrogens is 358 g/mol. The van der Waals surface area contributed by atoms with Gasteiger partial charge < -0.3 is 9.84 Å². The van der Waals surface area contributed by atoms with Crippen LogP contribution in [0.2, 0.25) is 0 Å². The van der Waals surface area contributed by atoms with Crippen molar-refractivity contribution in [1.29, 1.82) is 0 Å². The minimum atomic E-state index is -5.24. The van der Waals surface area contributed by atoms with Crippen molar-refractivity contribution in [3.8, 4) is 5.75 Å². The molecule has 1 unspecified atom stereocenters. The molecule has 0 spiro atoms. The predicted molar refractivity (Wildman–Crippen MR) is 74.4 cm³/mol. The Morgan fingerprint density at radius 3 is 2.50 bits per heavy atom. The van der Waals surface area contributed by atoms with Gasteiger partial charge in [-0.15, -0.1) is 13.2 Å². The monoisotopic (exact) mass is 373 g/mol. The first-order valence-corrected chi connectivity index (χ1v) is 8.25. The molecule has 0 saturated heterocycles. The Hall–Kier alpha value is -1.88. The number of carboxylic acids is 1. The van der Waals surface area contributed by atoms with Crippen molar-refractivity contribution in [1.82, 2.24) is 4.72 Å². The van der Waals surface area contributed by atoms with E-state index in [1.807, 2.05) is 0 Å². The fourth-order valence-electron chi connectivity index (χ4n) is 1.84. The Balaban J connectivity index is 3.24. The largest absolute Gasteiger partial charge is 0.573 e. The molecule has 0 aliphatic carbocycles. The van der Waals surface area contributed by atoms with Crippen LogP contribution in [0.4, 0.5) is 17.6 Å². The van der Waals surface area contributed by atoms with Crippen LogP contribution in [0.1, 0.15) is 26.2 Å². The van der Waals surface area contributed by atoms with Crippen LogP contribution in [-0.4, -0.2) is 31.9 Å². The summed E-state index contributed by atoms with van der Waals surface area (Å²) in [5.74, 6) is -4.31. The molecule has 24 heavy (non-hydrogen) atoms. The van der Waals surface area contributed by atoms with E-state index in [9.17, 15) is 30.8 Å². The minimum Gasteiger partial charge on any atom is -0.480 e. The Labute approximate surface area is 135 Å². The first-order valence-electron chi connectivity index (χ1n) is 6.77. The molecule has 0 amide bonds. The van der Waals surface area contributed by atoms with Gasteiger partial charge in [0.15, 0.2) is 10.6 Å². The van der Waals surface area contributed by atoms with Crippen molar-refractivity contribution in [3.63, 3.8) is 0 Å². The van der Waals surface area contributed by atoms with Crippen molar-refractivity contribution >= 4 is 16.0 Å². The third-order valence-corrected chi connectivity index (χ3v) is 4.40. The number of halogens is 4. The van der Waals surface area contributed by atoms with Crippen LogP contribution < -0.4 is 9.46 Å². The van der Waals surface area contributed by atoms with Gasteiger partial charge in [0.05, 0.1) is 0 Å². The summed E-state index contributed by atoms with van der Waals surface area (Å²) in [4.78, 5) is 9.68. The van der Waals surface area contributed by atoms with E-state index in [0.29, 0.717) is 25.0 Å². The molecule has 0 aliphatic heterocycles. The second kappa shape index (κ2) is 7.79. The summed E-state index contributed by atoms with van der Waals surface area (Å²) in [6.07, 6.45) is -4.43. The van der Waals surface area contributed by atoms with Crippen molar-refractivity contribution in [2.24, 2.45) is 0 Å². The SMILES string of the molecule is CCCCC(NS(=O)(=O)c1c(F)cccc1OC(F)(F)F)C(=O)O. The maximum atomic E-state index is 13.8. The highest BCUT2D eigenvalue weighted by atomic mass is 32.2. The maximum absolute atomic E-state index is 13.8. The molecule has 0 bridgehead atoms. The molecule has 2 N–H and O–H groups in total. The van der Waals surface area contributed by atoms with Gasteiger partial charge in [-0.05, 0) is 18.6 Å². The predicted octanol–water partition coefficient (Wildman–Crippen LogP) is 2.65. The Kier molecular flexibility index (Phi) is 6.55. The summed E-state index contributed by atoms with van der Waals surface area (Å²) in [6.45, 7) is 1.74. The van der Waals surface area contributed by atoms with Crippen LogP contribution in [0.3, 0.4) is 0 Å². The van der Waals surface area contributed by atoms with Gasteiger partial charge in [0.2, 0.25) is 10.0 Å². The van der Waals surface area contributed by atoms with Crippen LogP contribution in [0.5, 0.6) is 5.75 Å². The zero-order chi connectivity index (χ0) is 18.5. The molecular formula is C13H15F4NO5S. The number of benzene rings is 1. The summed E-state index contributed by atoms with van der Waals surface area (Å²) < 4.78 is 80.4. The molecule has 0 heterocycles. The topological polar surface area (TPSA) is 92.7 Å². The number of ether oxygens (including phenoxy) is 1. The van der Waals surface area contributed by atoms with Crippen molar-refractivity contribution in [2.75, 3.05) is 0 Å². The van der Waals surface area contributed by atoms with E-state index < -0.39 is 44.9 Å². The molecule has 0 saturated carbocycles. The maximum Gasteiger partial charge on any atom is 0.573 e. The Morgan fingerprint density at radius 2 is 2.00 bits per heavy atom. The highest BCUT2D eigenvalue weighted by molar-refractivity contribution is 7.89. The third-order valence-electron chi connectivity index (χ3n) is 2.87. The van der Waals surface area contributed by atoms with Gasteiger partial charge in [-0.2, -0.15) is 4.72 Å². The lowest BCUT2D eigenvalue weighted by Crippen LogP contribution is -2.41. The van der Waals surface area contributed by atoms with E-state index in [4.69, 9.17) is 5.11 Å². The number of carbonyl (C=O) groups is 1. The molecule has 1 aromatic rings. The molecule has 1 rings (SSSR count). The van der Waals surface area contributed by atoms with Gasteiger partial charge in [-0.25, -0.2) is 12.8 Å². The number of alkyl halides is 3. The molecule has 0 aliphatic rings. The lowest BCUT2D eigenvalue weighted by atomic mass is 10.1. The summed E-state index contributed by atoms with van der Waals surface area (Å²) in [7, 11) is -4.90. The van der Waals surface area contributed by atoms with Gasteiger partial charge >= 0.3 is 12.3 Å². The lowest BCUT2D eigenvalue weighted by Gasteiger charge is -2.17. The highest BCUT2D eigenvalue weighted by Crippen LogP contribution is 2.31. The minimum absolute atomic E-state index is 0.102. The van der Waals surface area contributed by atoms with E-state index in [-0.39, 0.29) is 6.42 Å². The first kappa shape index (κ1) is 20.2. The van der Waals surface area contributed by atoms with Gasteiger partial charge in [-0.3, -0.25) is 4.79 Å². The Bertz CT molecular complexity index is 690. The Morgan fingerprint density at radius 1 is 1.38 bits per heavy atom. The van der Waals surface area contributed by atoms with E-state index in [0.717, 1.165) is 6.07 Å². The third kappa shape index (κ3) is 5.64. The molecule has 6 nitrogen and oxygen atoms in total. The number of hydrogen-bond acceptors (Lipinski definition) is 4. The van der Waals surface area contributed by atoms with E-state index >= 15 is 0 Å². The number of rotatable bonds is 8. The van der Waals surface area contributed by atoms with Gasteiger partial charge in [0.1, 0.15) is 11.9 Å². The lowest BCUT2D eigenvalue weighted by molar-refractivity contribution is -0.275. The number of hydrogen-bond donors (Lipinski definition) is 2. The molecule has 1 atom stereocenters. The quantitative estimate of drug-likeness (QED) is 0.684. The fraction of sp³-hybridized carbons (Fsp3) is 0.462. The van der Waals surface area contributed by atoms with Crippen LogP contribution in [0.15, 0.2) is 23.1 Å². The van der Waals surface area contributed by atoms with Crippen molar-refractivity contribution in [3.05, 3.63) is 24.0 Å². The summed E-state index contributed by atoms with van der Waals surface area (Å²) in [5, 5.41) is 9.00. The molecule has 11 heteroatoms. The summed E-state index contributed by atoms with van der Waals surface area (Å²) in [5.41, 5.74) is 0. The zero-order valence-electron chi connectivity index (χ0n) is 12.4. The molecule has 1 aromatic carbocycles. The van der Waals surface area contributed by atoms with Gasteiger partial charge in [0.25, 0.3) is 0 Å². The average molecular weight is 373 g/mol. The van der Waals surface area contributed by atoms with Crippen LogP contribution >= 0.6 is 0 Å². The van der Waals surface area contributed by atoms with E-state index in [1.165, 1.54) is 0 Å². The van der Waals surface area contributed by atoms with Crippen LogP contribution in [-0.2, 0) is 14.8 Å². The number of unbranched alkanes of at least 4 members (excludes halogenated alkanes) is 1. The number of nitrogens with one attached hydrogen (secondary N) is 1. The van der Waals surface area contributed by atoms with Crippen molar-refractivity contribution in [2.45, 2.75) is 43.5 Å². The van der Waals surface area contributed by atoms with E-state index in [2.05, 4.69) is 4.74 Å². The zero-order valence-corrected chi connectivity index (χ0v) is 13.2. The summed E-state index contributed by atoms with van der Waals surface area (Å²) in [6, 6.07) is 0.474.